The summed E-state index contributed by atoms with van der Waals surface area (Å²) in [4.78, 5) is 7.04. The fourth-order valence-electron chi connectivity index (χ4n) is 3.27. The first kappa shape index (κ1) is 12.7. The Kier molecular flexibility index (Phi) is 3.60. The molecule has 104 valence electrons. The molecule has 0 saturated carbocycles. The van der Waals surface area contributed by atoms with Gasteiger partial charge < -0.3 is 15.0 Å². The van der Waals surface area contributed by atoms with Crippen molar-refractivity contribution >= 4 is 5.82 Å². The van der Waals surface area contributed by atoms with Gasteiger partial charge in [0.15, 0.2) is 11.6 Å². The van der Waals surface area contributed by atoms with E-state index in [1.54, 1.807) is 0 Å². The first-order chi connectivity index (χ1) is 9.25. The molecular weight excluding hydrogens is 238 g/mol. The van der Waals surface area contributed by atoms with Crippen LogP contribution in [0.2, 0.25) is 0 Å². The molecule has 3 rings (SSSR count). The lowest BCUT2D eigenvalue weighted by atomic mass is 9.92. The Morgan fingerprint density at radius 1 is 1.42 bits per heavy atom. The molecule has 0 bridgehead atoms. The van der Waals surface area contributed by atoms with Gasteiger partial charge in [0.05, 0.1) is 6.10 Å². The summed E-state index contributed by atoms with van der Waals surface area (Å²) in [6.07, 6.45) is 4.64. The SMILES string of the molecule is CC(C)Oc1cccnc1N1CCCC2CNCC21. The van der Waals surface area contributed by atoms with E-state index in [0.717, 1.165) is 37.1 Å². The maximum atomic E-state index is 5.92. The molecular formula is C15H23N3O. The number of pyridine rings is 1. The van der Waals surface area contributed by atoms with Crippen LogP contribution in [0.25, 0.3) is 0 Å². The average Bonchev–Trinajstić information content (AvgIpc) is 2.87. The minimum Gasteiger partial charge on any atom is -0.487 e. The van der Waals surface area contributed by atoms with Crippen LogP contribution in [-0.4, -0.2) is 36.8 Å². The van der Waals surface area contributed by atoms with Crippen molar-refractivity contribution in [1.82, 2.24) is 10.3 Å². The Balaban J connectivity index is 1.88. The van der Waals surface area contributed by atoms with E-state index in [0.29, 0.717) is 6.04 Å². The number of fused-ring (bicyclic) bond motifs is 1. The Morgan fingerprint density at radius 3 is 3.16 bits per heavy atom. The van der Waals surface area contributed by atoms with Crippen LogP contribution in [0.3, 0.4) is 0 Å². The van der Waals surface area contributed by atoms with Gasteiger partial charge in [0, 0.05) is 31.9 Å². The summed E-state index contributed by atoms with van der Waals surface area (Å²) >= 11 is 0. The van der Waals surface area contributed by atoms with E-state index in [1.165, 1.54) is 12.8 Å². The van der Waals surface area contributed by atoms with Crippen molar-refractivity contribution in [3.8, 4) is 5.75 Å². The number of aromatic nitrogens is 1. The second-order valence-corrected chi connectivity index (χ2v) is 5.81. The van der Waals surface area contributed by atoms with Crippen molar-refractivity contribution in [3.05, 3.63) is 18.3 Å². The maximum Gasteiger partial charge on any atom is 0.171 e. The van der Waals surface area contributed by atoms with Crippen molar-refractivity contribution in [2.24, 2.45) is 5.92 Å². The monoisotopic (exact) mass is 261 g/mol. The molecule has 0 amide bonds. The van der Waals surface area contributed by atoms with Crippen LogP contribution in [0.4, 0.5) is 5.82 Å². The van der Waals surface area contributed by atoms with Crippen LogP contribution in [0.5, 0.6) is 5.75 Å². The highest BCUT2D eigenvalue weighted by atomic mass is 16.5. The highest BCUT2D eigenvalue weighted by Gasteiger charge is 2.36. The van der Waals surface area contributed by atoms with Gasteiger partial charge in [-0.3, -0.25) is 0 Å². The fraction of sp³-hybridized carbons (Fsp3) is 0.667. The standard InChI is InChI=1S/C15H23N3O/c1-11(2)19-14-6-3-7-17-15(14)18-8-4-5-12-9-16-10-13(12)18/h3,6-7,11-13,16H,4-5,8-10H2,1-2H3. The number of hydrogen-bond donors (Lipinski definition) is 1. The predicted octanol–water partition coefficient (Wildman–Crippen LogP) is 2.06. The van der Waals surface area contributed by atoms with E-state index in [4.69, 9.17) is 4.74 Å². The minimum absolute atomic E-state index is 0.185. The molecule has 1 N–H and O–H groups in total. The number of nitrogens with one attached hydrogen (secondary N) is 1. The molecule has 2 saturated heterocycles. The summed E-state index contributed by atoms with van der Waals surface area (Å²) in [6.45, 7) is 7.44. The molecule has 4 nitrogen and oxygen atoms in total. The quantitative estimate of drug-likeness (QED) is 0.903. The van der Waals surface area contributed by atoms with Gasteiger partial charge in [0.1, 0.15) is 0 Å². The van der Waals surface area contributed by atoms with Crippen molar-refractivity contribution in [1.29, 1.82) is 0 Å². The second kappa shape index (κ2) is 5.37. The summed E-state index contributed by atoms with van der Waals surface area (Å²) in [7, 11) is 0. The van der Waals surface area contributed by atoms with Crippen LogP contribution >= 0.6 is 0 Å². The van der Waals surface area contributed by atoms with E-state index < -0.39 is 0 Å². The zero-order chi connectivity index (χ0) is 13.2. The number of nitrogens with zero attached hydrogens (tertiary/aromatic N) is 2. The van der Waals surface area contributed by atoms with Gasteiger partial charge in [-0.2, -0.15) is 0 Å². The summed E-state index contributed by atoms with van der Waals surface area (Å²) in [6, 6.07) is 4.57. The van der Waals surface area contributed by atoms with E-state index in [9.17, 15) is 0 Å². The minimum atomic E-state index is 0.185. The maximum absolute atomic E-state index is 5.92. The number of anilines is 1. The molecule has 2 aliphatic rings. The Bertz CT molecular complexity index is 435. The molecule has 1 aromatic heterocycles. The topological polar surface area (TPSA) is 37.4 Å². The summed E-state index contributed by atoms with van der Waals surface area (Å²) < 4.78 is 5.92. The number of hydrogen-bond acceptors (Lipinski definition) is 4. The molecule has 0 aliphatic carbocycles. The highest BCUT2D eigenvalue weighted by molar-refractivity contribution is 5.53. The molecule has 2 unspecified atom stereocenters. The van der Waals surface area contributed by atoms with Crippen molar-refractivity contribution in [3.63, 3.8) is 0 Å². The molecule has 3 heterocycles. The third kappa shape index (κ3) is 2.54. The summed E-state index contributed by atoms with van der Waals surface area (Å²) in [5.41, 5.74) is 0. The third-order valence-corrected chi connectivity index (χ3v) is 4.06. The number of piperidine rings is 1. The molecule has 19 heavy (non-hydrogen) atoms. The number of ether oxygens (including phenoxy) is 1. The Morgan fingerprint density at radius 2 is 2.32 bits per heavy atom. The number of rotatable bonds is 3. The molecule has 1 aromatic rings. The molecule has 2 fully saturated rings. The predicted molar refractivity (Wildman–Crippen MR) is 76.7 cm³/mol. The van der Waals surface area contributed by atoms with Gasteiger partial charge in [-0.05, 0) is 44.7 Å². The normalized spacial score (nSPS) is 26.6. The molecule has 2 atom stereocenters. The third-order valence-electron chi connectivity index (χ3n) is 4.06. The lowest BCUT2D eigenvalue weighted by Gasteiger charge is -2.38. The lowest BCUT2D eigenvalue weighted by molar-refractivity contribution is 0.240. The van der Waals surface area contributed by atoms with Gasteiger partial charge in [-0.25, -0.2) is 4.98 Å². The first-order valence-corrected chi connectivity index (χ1v) is 7.34. The van der Waals surface area contributed by atoms with Crippen molar-refractivity contribution in [2.75, 3.05) is 24.5 Å². The van der Waals surface area contributed by atoms with Crippen molar-refractivity contribution < 1.29 is 4.74 Å². The average molecular weight is 261 g/mol. The van der Waals surface area contributed by atoms with Crippen LogP contribution in [0.1, 0.15) is 26.7 Å². The molecule has 2 aliphatic heterocycles. The van der Waals surface area contributed by atoms with E-state index in [1.807, 2.05) is 18.3 Å². The van der Waals surface area contributed by atoms with Crippen LogP contribution in [0.15, 0.2) is 18.3 Å². The van der Waals surface area contributed by atoms with Gasteiger partial charge in [-0.15, -0.1) is 0 Å². The zero-order valence-corrected chi connectivity index (χ0v) is 11.8. The Hall–Kier alpha value is -1.29. The lowest BCUT2D eigenvalue weighted by Crippen LogP contribution is -2.45. The highest BCUT2D eigenvalue weighted by Crippen LogP contribution is 2.34. The van der Waals surface area contributed by atoms with Gasteiger partial charge in [0.25, 0.3) is 0 Å². The van der Waals surface area contributed by atoms with Gasteiger partial charge >= 0.3 is 0 Å². The van der Waals surface area contributed by atoms with Crippen molar-refractivity contribution in [2.45, 2.75) is 38.8 Å². The van der Waals surface area contributed by atoms with Crippen LogP contribution in [-0.2, 0) is 0 Å². The molecule has 0 aromatic carbocycles. The van der Waals surface area contributed by atoms with E-state index in [2.05, 4.69) is 29.0 Å². The van der Waals surface area contributed by atoms with Crippen LogP contribution in [0, 0.1) is 5.92 Å². The summed E-state index contributed by atoms with van der Waals surface area (Å²) in [5, 5.41) is 3.51. The molecule has 0 spiro atoms. The molecule has 0 radical (unpaired) electrons. The second-order valence-electron chi connectivity index (χ2n) is 5.81. The fourth-order valence-corrected chi connectivity index (χ4v) is 3.27. The largest absolute Gasteiger partial charge is 0.487 e. The smallest absolute Gasteiger partial charge is 0.171 e. The molecule has 4 heteroatoms. The van der Waals surface area contributed by atoms with E-state index >= 15 is 0 Å². The zero-order valence-electron chi connectivity index (χ0n) is 11.8. The van der Waals surface area contributed by atoms with E-state index in [-0.39, 0.29) is 6.10 Å². The summed E-state index contributed by atoms with van der Waals surface area (Å²) in [5.74, 6) is 2.71. The van der Waals surface area contributed by atoms with Crippen LogP contribution < -0.4 is 15.0 Å². The van der Waals surface area contributed by atoms with Gasteiger partial charge in [-0.1, -0.05) is 0 Å². The van der Waals surface area contributed by atoms with Gasteiger partial charge in [0.2, 0.25) is 0 Å². The Labute approximate surface area is 115 Å². The first-order valence-electron chi connectivity index (χ1n) is 7.34.